The molecule has 3 aromatic heterocycles. The number of aryl methyl sites for hydroxylation is 3. The maximum atomic E-state index is 12.7. The van der Waals surface area contributed by atoms with Gasteiger partial charge in [0.2, 0.25) is 5.78 Å². The van der Waals surface area contributed by atoms with Crippen molar-refractivity contribution in [2.45, 2.75) is 27.3 Å². The Morgan fingerprint density at radius 2 is 1.58 bits per heavy atom. The van der Waals surface area contributed by atoms with Crippen molar-refractivity contribution in [2.24, 2.45) is 14.1 Å². The molecular weight excluding hydrogens is 330 g/mol. The summed E-state index contributed by atoms with van der Waals surface area (Å²) in [6, 6.07) is 8.36. The van der Waals surface area contributed by atoms with Gasteiger partial charge >= 0.3 is 5.69 Å². The Balaban J connectivity index is 2.06. The zero-order valence-electron chi connectivity index (χ0n) is 15.6. The highest BCUT2D eigenvalue weighted by atomic mass is 16.2. The van der Waals surface area contributed by atoms with Gasteiger partial charge in [0.05, 0.1) is 6.54 Å². The predicted molar refractivity (Wildman–Crippen MR) is 101 cm³/mol. The number of imidazole rings is 2. The first-order chi connectivity index (χ1) is 12.3. The van der Waals surface area contributed by atoms with Crippen LogP contribution >= 0.6 is 0 Å². The third-order valence-electron chi connectivity index (χ3n) is 5.21. The zero-order chi connectivity index (χ0) is 18.7. The van der Waals surface area contributed by atoms with Crippen molar-refractivity contribution in [2.75, 3.05) is 0 Å². The number of hydrogen-bond donors (Lipinski definition) is 0. The van der Waals surface area contributed by atoms with Crippen LogP contribution < -0.4 is 11.2 Å². The van der Waals surface area contributed by atoms with Crippen LogP contribution in [0.25, 0.3) is 16.9 Å². The summed E-state index contributed by atoms with van der Waals surface area (Å²) in [5.41, 5.74) is 4.52. The van der Waals surface area contributed by atoms with E-state index >= 15 is 0 Å². The molecule has 0 aliphatic heterocycles. The fourth-order valence-corrected chi connectivity index (χ4v) is 3.46. The van der Waals surface area contributed by atoms with Gasteiger partial charge in [0.25, 0.3) is 5.56 Å². The second-order valence-corrected chi connectivity index (χ2v) is 6.87. The van der Waals surface area contributed by atoms with Gasteiger partial charge in [0, 0.05) is 25.5 Å². The van der Waals surface area contributed by atoms with Crippen molar-refractivity contribution in [1.82, 2.24) is 23.1 Å². The Hall–Kier alpha value is -3.09. The Kier molecular flexibility index (Phi) is 3.44. The third-order valence-corrected chi connectivity index (χ3v) is 5.21. The van der Waals surface area contributed by atoms with Crippen molar-refractivity contribution in [3.05, 3.63) is 67.6 Å². The summed E-state index contributed by atoms with van der Waals surface area (Å²) in [5, 5.41) is 0. The summed E-state index contributed by atoms with van der Waals surface area (Å²) in [6.07, 6.45) is 0. The van der Waals surface area contributed by atoms with Crippen LogP contribution in [0, 0.1) is 20.8 Å². The Bertz CT molecular complexity index is 1280. The van der Waals surface area contributed by atoms with Gasteiger partial charge in [0.1, 0.15) is 0 Å². The number of benzene rings is 1. The van der Waals surface area contributed by atoms with E-state index in [-0.39, 0.29) is 11.2 Å². The molecule has 4 rings (SSSR count). The van der Waals surface area contributed by atoms with Gasteiger partial charge in [-0.2, -0.15) is 4.98 Å². The molecule has 0 N–H and O–H groups in total. The normalized spacial score (nSPS) is 11.7. The highest BCUT2D eigenvalue weighted by Gasteiger charge is 2.21. The summed E-state index contributed by atoms with van der Waals surface area (Å²) < 4.78 is 6.50. The Labute approximate surface area is 149 Å². The first kappa shape index (κ1) is 16.4. The predicted octanol–water partition coefficient (Wildman–Crippen LogP) is 1.66. The molecule has 3 heterocycles. The minimum absolute atomic E-state index is 0.328. The van der Waals surface area contributed by atoms with E-state index in [9.17, 15) is 9.59 Å². The topological polar surface area (TPSA) is 66.2 Å². The molecule has 4 aromatic rings. The van der Waals surface area contributed by atoms with Gasteiger partial charge < -0.3 is 4.57 Å². The lowest BCUT2D eigenvalue weighted by Crippen LogP contribution is -2.37. The SMILES string of the molecule is Cc1ccc(Cn2c(C)c(C)n3c4c(=O)n(C)c(=O)n(C)c4nc23)cc1. The van der Waals surface area contributed by atoms with Crippen LogP contribution in [0.5, 0.6) is 0 Å². The van der Waals surface area contributed by atoms with Gasteiger partial charge in [-0.25, -0.2) is 4.79 Å². The van der Waals surface area contributed by atoms with Gasteiger partial charge in [-0.1, -0.05) is 29.8 Å². The highest BCUT2D eigenvalue weighted by molar-refractivity contribution is 5.76. The Morgan fingerprint density at radius 1 is 0.923 bits per heavy atom. The quantitative estimate of drug-likeness (QED) is 0.552. The van der Waals surface area contributed by atoms with E-state index in [1.54, 1.807) is 7.05 Å². The third kappa shape index (κ3) is 2.09. The van der Waals surface area contributed by atoms with Crippen LogP contribution in [0.3, 0.4) is 0 Å². The number of rotatable bonds is 2. The second-order valence-electron chi connectivity index (χ2n) is 6.87. The van der Waals surface area contributed by atoms with Crippen LogP contribution in [0.4, 0.5) is 0 Å². The molecule has 0 fully saturated rings. The van der Waals surface area contributed by atoms with Gasteiger partial charge in [-0.05, 0) is 26.3 Å². The number of hydrogen-bond acceptors (Lipinski definition) is 3. The Morgan fingerprint density at radius 3 is 2.23 bits per heavy atom. The summed E-state index contributed by atoms with van der Waals surface area (Å²) in [4.78, 5) is 29.6. The molecule has 0 amide bonds. The van der Waals surface area contributed by atoms with Crippen LogP contribution in [0.15, 0.2) is 33.9 Å². The molecule has 0 aliphatic rings. The van der Waals surface area contributed by atoms with Crippen LogP contribution in [0.1, 0.15) is 22.5 Å². The summed E-state index contributed by atoms with van der Waals surface area (Å²) in [5.74, 6) is 0.675. The molecule has 1 aromatic carbocycles. The lowest BCUT2D eigenvalue weighted by atomic mass is 10.1. The molecule has 0 aliphatic carbocycles. The summed E-state index contributed by atoms with van der Waals surface area (Å²) in [7, 11) is 3.14. The van der Waals surface area contributed by atoms with Crippen molar-refractivity contribution in [3.8, 4) is 0 Å². The average molecular weight is 351 g/mol. The lowest BCUT2D eigenvalue weighted by Gasteiger charge is -2.07. The molecule has 0 saturated heterocycles. The van der Waals surface area contributed by atoms with E-state index in [4.69, 9.17) is 0 Å². The molecule has 134 valence electrons. The van der Waals surface area contributed by atoms with Crippen LogP contribution in [-0.2, 0) is 20.6 Å². The molecule has 7 heteroatoms. The molecule has 0 bridgehead atoms. The van der Waals surface area contributed by atoms with E-state index in [1.807, 2.05) is 18.2 Å². The molecule has 0 unspecified atom stereocenters. The molecular formula is C19H21N5O2. The maximum Gasteiger partial charge on any atom is 0.332 e. The van der Waals surface area contributed by atoms with Crippen molar-refractivity contribution >= 4 is 16.9 Å². The molecule has 0 radical (unpaired) electrons. The van der Waals surface area contributed by atoms with Gasteiger partial charge in [-0.15, -0.1) is 0 Å². The number of nitrogens with zero attached hydrogens (tertiary/aromatic N) is 5. The van der Waals surface area contributed by atoms with E-state index in [1.165, 1.54) is 17.2 Å². The van der Waals surface area contributed by atoms with Crippen LogP contribution in [0.2, 0.25) is 0 Å². The van der Waals surface area contributed by atoms with Gasteiger partial charge in [-0.3, -0.25) is 18.3 Å². The second kappa shape index (κ2) is 5.45. The molecule has 0 spiro atoms. The standard InChI is InChI=1S/C19H21N5O2/c1-11-6-8-14(9-7-11)10-23-12(2)13(3)24-15-16(20-18(23)24)21(4)19(26)22(5)17(15)25/h6-9H,10H2,1-5H3. The summed E-state index contributed by atoms with van der Waals surface area (Å²) >= 11 is 0. The molecule has 0 atom stereocenters. The number of fused-ring (bicyclic) bond motifs is 3. The fourth-order valence-electron chi connectivity index (χ4n) is 3.46. The van der Waals surface area contributed by atoms with Crippen molar-refractivity contribution < 1.29 is 0 Å². The first-order valence-corrected chi connectivity index (χ1v) is 8.50. The lowest BCUT2D eigenvalue weighted by molar-refractivity contribution is 0.707. The van der Waals surface area contributed by atoms with E-state index in [0.29, 0.717) is 23.5 Å². The average Bonchev–Trinajstić information content (AvgIpc) is 3.12. The first-order valence-electron chi connectivity index (χ1n) is 8.50. The maximum absolute atomic E-state index is 12.7. The molecule has 0 saturated carbocycles. The largest absolute Gasteiger partial charge is 0.332 e. The minimum Gasteiger partial charge on any atom is -0.309 e. The van der Waals surface area contributed by atoms with Crippen molar-refractivity contribution in [3.63, 3.8) is 0 Å². The van der Waals surface area contributed by atoms with Gasteiger partial charge in [0.15, 0.2) is 11.2 Å². The van der Waals surface area contributed by atoms with Crippen LogP contribution in [-0.4, -0.2) is 23.1 Å². The summed E-state index contributed by atoms with van der Waals surface area (Å²) in [6.45, 7) is 6.71. The molecule has 7 nitrogen and oxygen atoms in total. The minimum atomic E-state index is -0.372. The fraction of sp³-hybridized carbons (Fsp3) is 0.316. The van der Waals surface area contributed by atoms with E-state index in [0.717, 1.165) is 21.5 Å². The van der Waals surface area contributed by atoms with E-state index in [2.05, 4.69) is 40.7 Å². The highest BCUT2D eigenvalue weighted by Crippen LogP contribution is 2.21. The molecule has 26 heavy (non-hydrogen) atoms. The number of aromatic nitrogens is 5. The van der Waals surface area contributed by atoms with Crippen molar-refractivity contribution in [1.29, 1.82) is 0 Å². The smallest absolute Gasteiger partial charge is 0.309 e. The zero-order valence-corrected chi connectivity index (χ0v) is 15.6. The monoisotopic (exact) mass is 351 g/mol. The van der Waals surface area contributed by atoms with E-state index < -0.39 is 0 Å².